The molecule has 1 aliphatic rings. The molecule has 8 nitrogen and oxygen atoms in total. The Balaban J connectivity index is 2.11. The van der Waals surface area contributed by atoms with Crippen molar-refractivity contribution in [2.45, 2.75) is 36.7 Å². The smallest absolute Gasteiger partial charge is 0.339 e. The number of benzene rings is 1. The van der Waals surface area contributed by atoms with Crippen LogP contribution in [0, 0.1) is 5.82 Å². The molecule has 0 unspecified atom stereocenters. The van der Waals surface area contributed by atoms with Gasteiger partial charge in [0.05, 0.1) is 24.1 Å². The van der Waals surface area contributed by atoms with Gasteiger partial charge in [0.2, 0.25) is 10.0 Å². The first-order valence-electron chi connectivity index (χ1n) is 8.04. The third-order valence-electron chi connectivity index (χ3n) is 4.33. The Morgan fingerprint density at radius 2 is 2.04 bits per heavy atom. The molecule has 144 valence electrons. The molecule has 0 saturated heterocycles. The predicted octanol–water partition coefficient (Wildman–Crippen LogP) is 0.828. The van der Waals surface area contributed by atoms with E-state index in [0.29, 0.717) is 19.4 Å². The molecule has 0 bridgehead atoms. The van der Waals surface area contributed by atoms with E-state index in [-0.39, 0.29) is 18.2 Å². The minimum Gasteiger partial charge on any atom is -0.480 e. The summed E-state index contributed by atoms with van der Waals surface area (Å²) in [4.78, 5) is 23.8. The third kappa shape index (κ3) is 4.57. The van der Waals surface area contributed by atoms with Gasteiger partial charge in [-0.05, 0) is 37.6 Å². The van der Waals surface area contributed by atoms with Gasteiger partial charge in [-0.1, -0.05) is 6.92 Å². The summed E-state index contributed by atoms with van der Waals surface area (Å²) in [5.74, 6) is -2.61. The van der Waals surface area contributed by atoms with Gasteiger partial charge in [0.15, 0.2) is 0 Å². The molecule has 1 aliphatic carbocycles. The summed E-state index contributed by atoms with van der Waals surface area (Å²) in [6, 6.07) is 2.35. The molecule has 10 heteroatoms. The molecule has 0 atom stereocenters. The van der Waals surface area contributed by atoms with Gasteiger partial charge in [0.25, 0.3) is 0 Å². The number of carbonyl (C=O) groups excluding carboxylic acids is 1. The maximum absolute atomic E-state index is 13.5. The molecule has 0 aromatic heterocycles. The number of hydrogen-bond acceptors (Lipinski definition) is 6. The molecule has 1 fully saturated rings. The van der Waals surface area contributed by atoms with Crippen LogP contribution in [0.4, 0.5) is 4.39 Å². The van der Waals surface area contributed by atoms with E-state index in [1.807, 2.05) is 6.92 Å². The van der Waals surface area contributed by atoms with E-state index in [1.165, 1.54) is 0 Å². The van der Waals surface area contributed by atoms with Gasteiger partial charge >= 0.3 is 11.9 Å². The SMILES string of the molecule is CCN(CC(=O)O)C1CC(NS(=O)(=O)c2cc(F)ccc2C(=O)OC)C1. The monoisotopic (exact) mass is 388 g/mol. The number of rotatable bonds is 8. The number of aliphatic carboxylic acids is 1. The first-order valence-corrected chi connectivity index (χ1v) is 9.52. The van der Waals surface area contributed by atoms with E-state index in [1.54, 1.807) is 4.90 Å². The van der Waals surface area contributed by atoms with Crippen LogP contribution in [0.1, 0.15) is 30.1 Å². The number of nitrogens with one attached hydrogen (secondary N) is 1. The van der Waals surface area contributed by atoms with E-state index in [4.69, 9.17) is 5.11 Å². The van der Waals surface area contributed by atoms with E-state index >= 15 is 0 Å². The minimum absolute atomic E-state index is 0.0450. The fourth-order valence-electron chi connectivity index (χ4n) is 2.94. The Labute approximate surface area is 151 Å². The molecule has 0 amide bonds. The average molecular weight is 388 g/mol. The maximum Gasteiger partial charge on any atom is 0.339 e. The van der Waals surface area contributed by atoms with Crippen molar-refractivity contribution in [1.82, 2.24) is 9.62 Å². The number of methoxy groups -OCH3 is 1. The predicted molar refractivity (Wildman–Crippen MR) is 89.8 cm³/mol. The molecule has 0 spiro atoms. The van der Waals surface area contributed by atoms with Crippen LogP contribution in [-0.2, 0) is 19.6 Å². The quantitative estimate of drug-likeness (QED) is 0.634. The van der Waals surface area contributed by atoms with Crippen molar-refractivity contribution >= 4 is 22.0 Å². The van der Waals surface area contributed by atoms with Crippen LogP contribution >= 0.6 is 0 Å². The zero-order chi connectivity index (χ0) is 19.5. The molecule has 1 saturated carbocycles. The van der Waals surface area contributed by atoms with E-state index in [0.717, 1.165) is 25.3 Å². The first kappa shape index (κ1) is 20.3. The largest absolute Gasteiger partial charge is 0.480 e. The fraction of sp³-hybridized carbons (Fsp3) is 0.500. The Morgan fingerprint density at radius 3 is 2.58 bits per heavy atom. The highest BCUT2D eigenvalue weighted by Gasteiger charge is 2.37. The van der Waals surface area contributed by atoms with E-state index in [9.17, 15) is 22.4 Å². The van der Waals surface area contributed by atoms with Gasteiger partial charge in [0.1, 0.15) is 5.82 Å². The molecule has 0 aliphatic heterocycles. The van der Waals surface area contributed by atoms with Crippen molar-refractivity contribution < 1.29 is 32.2 Å². The van der Waals surface area contributed by atoms with Gasteiger partial charge in [-0.3, -0.25) is 9.69 Å². The van der Waals surface area contributed by atoms with Crippen LogP contribution < -0.4 is 4.72 Å². The van der Waals surface area contributed by atoms with Crippen LogP contribution in [0.15, 0.2) is 23.1 Å². The number of carbonyl (C=O) groups is 2. The van der Waals surface area contributed by atoms with Crippen LogP contribution in [-0.4, -0.2) is 62.6 Å². The molecule has 1 aromatic carbocycles. The van der Waals surface area contributed by atoms with Crippen molar-refractivity contribution in [1.29, 1.82) is 0 Å². The third-order valence-corrected chi connectivity index (χ3v) is 5.89. The number of likely N-dealkylation sites (N-methyl/N-ethyl adjacent to an activating group) is 1. The number of nitrogens with zero attached hydrogens (tertiary/aromatic N) is 1. The molecule has 0 radical (unpaired) electrons. The van der Waals surface area contributed by atoms with Crippen molar-refractivity contribution in [3.8, 4) is 0 Å². The van der Waals surface area contributed by atoms with E-state index < -0.39 is 38.7 Å². The Kier molecular flexibility index (Phi) is 6.32. The fourth-order valence-corrected chi connectivity index (χ4v) is 4.40. The molecule has 26 heavy (non-hydrogen) atoms. The zero-order valence-electron chi connectivity index (χ0n) is 14.4. The lowest BCUT2D eigenvalue weighted by molar-refractivity contribution is -0.139. The molecule has 1 aromatic rings. The Hall–Kier alpha value is -2.04. The summed E-state index contributed by atoms with van der Waals surface area (Å²) in [6.07, 6.45) is 0.868. The minimum atomic E-state index is -4.13. The second-order valence-electron chi connectivity index (χ2n) is 6.03. The highest BCUT2D eigenvalue weighted by molar-refractivity contribution is 7.89. The van der Waals surface area contributed by atoms with Crippen LogP contribution in [0.3, 0.4) is 0 Å². The average Bonchev–Trinajstić information content (AvgIpc) is 2.55. The van der Waals surface area contributed by atoms with Gasteiger partial charge in [-0.15, -0.1) is 0 Å². The number of hydrogen-bond donors (Lipinski definition) is 2. The highest BCUT2D eigenvalue weighted by Crippen LogP contribution is 2.28. The standard InChI is InChI=1S/C16H21FN2O6S/c1-3-19(9-15(20)21)12-7-11(8-12)18-26(23,24)14-6-10(17)4-5-13(14)16(22)25-2/h4-6,11-12,18H,3,7-9H2,1-2H3,(H,20,21). The molecular weight excluding hydrogens is 367 g/mol. The van der Waals surface area contributed by atoms with Gasteiger partial charge in [-0.25, -0.2) is 22.3 Å². The lowest BCUT2D eigenvalue weighted by atomic mass is 9.86. The summed E-state index contributed by atoms with van der Waals surface area (Å²) in [7, 11) is -3.03. The van der Waals surface area contributed by atoms with Crippen LogP contribution in [0.25, 0.3) is 0 Å². The molecule has 0 heterocycles. The van der Waals surface area contributed by atoms with Crippen molar-refractivity contribution in [3.63, 3.8) is 0 Å². The summed E-state index contributed by atoms with van der Waals surface area (Å²) < 4.78 is 45.6. The van der Waals surface area contributed by atoms with E-state index in [2.05, 4.69) is 9.46 Å². The second kappa shape index (κ2) is 8.11. The van der Waals surface area contributed by atoms with Gasteiger partial charge in [-0.2, -0.15) is 0 Å². The highest BCUT2D eigenvalue weighted by atomic mass is 32.2. The summed E-state index contributed by atoms with van der Waals surface area (Å²) >= 11 is 0. The van der Waals surface area contributed by atoms with Gasteiger partial charge < -0.3 is 9.84 Å². The first-order chi connectivity index (χ1) is 12.2. The molecule has 2 rings (SSSR count). The van der Waals surface area contributed by atoms with Crippen molar-refractivity contribution in [3.05, 3.63) is 29.6 Å². The van der Waals surface area contributed by atoms with Crippen molar-refractivity contribution in [2.24, 2.45) is 0 Å². The normalized spacial score (nSPS) is 19.8. The number of sulfonamides is 1. The number of halogens is 1. The molecular formula is C16H21FN2O6S. The lowest BCUT2D eigenvalue weighted by Crippen LogP contribution is -2.54. The maximum atomic E-state index is 13.5. The lowest BCUT2D eigenvalue weighted by Gasteiger charge is -2.42. The number of ether oxygens (including phenoxy) is 1. The topological polar surface area (TPSA) is 113 Å². The summed E-state index contributed by atoms with van der Waals surface area (Å²) in [6.45, 7) is 2.25. The summed E-state index contributed by atoms with van der Waals surface area (Å²) in [5.41, 5.74) is -0.252. The zero-order valence-corrected chi connectivity index (χ0v) is 15.3. The number of carboxylic acid groups (broad SMARTS) is 1. The molecule has 2 N–H and O–H groups in total. The Bertz CT molecular complexity index is 792. The van der Waals surface area contributed by atoms with Gasteiger partial charge in [0, 0.05) is 12.1 Å². The number of carboxylic acids is 1. The van der Waals surface area contributed by atoms with Crippen LogP contribution in [0.2, 0.25) is 0 Å². The number of esters is 1. The Morgan fingerprint density at radius 1 is 1.38 bits per heavy atom. The second-order valence-corrected chi connectivity index (χ2v) is 7.71. The summed E-state index contributed by atoms with van der Waals surface area (Å²) in [5, 5.41) is 8.88. The van der Waals surface area contributed by atoms with Crippen LogP contribution in [0.5, 0.6) is 0 Å². The van der Waals surface area contributed by atoms with Crippen molar-refractivity contribution in [2.75, 3.05) is 20.2 Å².